The zero-order valence-electron chi connectivity index (χ0n) is 14.0. The van der Waals surface area contributed by atoms with Crippen LogP contribution in [-0.4, -0.2) is 40.1 Å². The number of benzene rings is 1. The van der Waals surface area contributed by atoms with Crippen LogP contribution in [0, 0.1) is 0 Å². The predicted molar refractivity (Wildman–Crippen MR) is 91.0 cm³/mol. The van der Waals surface area contributed by atoms with Crippen LogP contribution in [-0.2, 0) is 6.54 Å². The first kappa shape index (κ1) is 15.3. The lowest BCUT2D eigenvalue weighted by atomic mass is 10.0. The van der Waals surface area contributed by atoms with Crippen LogP contribution in [0.1, 0.15) is 33.3 Å². The lowest BCUT2D eigenvalue weighted by Gasteiger charge is -2.23. The summed E-state index contributed by atoms with van der Waals surface area (Å²) in [6.45, 7) is 0.504. The van der Waals surface area contributed by atoms with Crippen LogP contribution in [0.2, 0.25) is 0 Å². The van der Waals surface area contributed by atoms with E-state index in [1.54, 1.807) is 17.2 Å². The summed E-state index contributed by atoms with van der Waals surface area (Å²) >= 11 is 0. The summed E-state index contributed by atoms with van der Waals surface area (Å²) in [6, 6.07) is 7.58. The molecule has 0 N–H and O–H groups in total. The predicted octanol–water partition coefficient (Wildman–Crippen LogP) is 2.28. The van der Waals surface area contributed by atoms with Gasteiger partial charge in [-0.05, 0) is 29.3 Å². The zero-order chi connectivity index (χ0) is 17.4. The Balaban J connectivity index is 1.78. The molecule has 1 aliphatic rings. The highest BCUT2D eigenvalue weighted by Crippen LogP contribution is 2.40. The highest BCUT2D eigenvalue weighted by Gasteiger charge is 2.37. The van der Waals surface area contributed by atoms with Crippen LogP contribution >= 0.6 is 0 Å². The molecule has 4 rings (SSSR count). The fraction of sp³-hybridized carbons (Fsp3) is 0.222. The second kappa shape index (κ2) is 6.01. The maximum atomic E-state index is 13.0. The molecule has 1 amide bonds. The number of anilines is 1. The molecule has 0 saturated carbocycles. The van der Waals surface area contributed by atoms with E-state index in [1.165, 1.54) is 18.8 Å². The average Bonchev–Trinajstić information content (AvgIpc) is 3.28. The third kappa shape index (κ3) is 2.63. The summed E-state index contributed by atoms with van der Waals surface area (Å²) in [5, 5.41) is 7.55. The van der Waals surface area contributed by atoms with Crippen LogP contribution in [0.4, 0.5) is 5.69 Å². The number of carbonyl (C=O) groups is 1. The number of hydrogen-bond donors (Lipinski definition) is 0. The molecule has 25 heavy (non-hydrogen) atoms. The summed E-state index contributed by atoms with van der Waals surface area (Å²) in [5.74, 6) is 0.533. The molecule has 0 fully saturated rings. The minimum absolute atomic E-state index is 0.112. The lowest BCUT2D eigenvalue weighted by molar-refractivity contribution is 0.0702. The summed E-state index contributed by atoms with van der Waals surface area (Å²) < 4.78 is 5.52. The van der Waals surface area contributed by atoms with Crippen molar-refractivity contribution >= 4 is 11.6 Å². The summed E-state index contributed by atoms with van der Waals surface area (Å²) in [7, 11) is 3.99. The molecule has 7 nitrogen and oxygen atoms in total. The van der Waals surface area contributed by atoms with Crippen molar-refractivity contribution < 1.29 is 9.21 Å². The molecule has 7 heteroatoms. The van der Waals surface area contributed by atoms with Crippen molar-refractivity contribution in [1.29, 1.82) is 0 Å². The fourth-order valence-corrected chi connectivity index (χ4v) is 3.16. The summed E-state index contributed by atoms with van der Waals surface area (Å²) in [4.78, 5) is 20.9. The van der Waals surface area contributed by atoms with Gasteiger partial charge in [0.2, 0.25) is 0 Å². The Labute approximate surface area is 144 Å². The highest BCUT2D eigenvalue weighted by atomic mass is 16.3. The summed E-state index contributed by atoms with van der Waals surface area (Å²) in [6.07, 6.45) is 6.04. The number of nitrogens with zero attached hydrogens (tertiary/aromatic N) is 5. The van der Waals surface area contributed by atoms with Gasteiger partial charge >= 0.3 is 0 Å². The number of oxazole rings is 1. The van der Waals surface area contributed by atoms with Gasteiger partial charge in [-0.3, -0.25) is 4.79 Å². The number of hydrogen-bond acceptors (Lipinski definition) is 6. The molecular weight excluding hydrogens is 318 g/mol. The molecule has 0 aliphatic carbocycles. The van der Waals surface area contributed by atoms with Crippen molar-refractivity contribution in [2.45, 2.75) is 12.6 Å². The smallest absolute Gasteiger partial charge is 0.256 e. The zero-order valence-corrected chi connectivity index (χ0v) is 14.0. The monoisotopic (exact) mass is 335 g/mol. The van der Waals surface area contributed by atoms with Gasteiger partial charge in [-0.15, -0.1) is 0 Å². The Morgan fingerprint density at radius 2 is 2.12 bits per heavy atom. The van der Waals surface area contributed by atoms with Gasteiger partial charge in [0.1, 0.15) is 6.04 Å². The normalized spacial score (nSPS) is 15.9. The van der Waals surface area contributed by atoms with Gasteiger partial charge < -0.3 is 14.2 Å². The molecule has 3 heterocycles. The van der Waals surface area contributed by atoms with Crippen LogP contribution in [0.15, 0.2) is 53.7 Å². The molecule has 0 spiro atoms. The topological polar surface area (TPSA) is 75.4 Å². The second-order valence-electron chi connectivity index (χ2n) is 6.15. The van der Waals surface area contributed by atoms with E-state index in [0.29, 0.717) is 17.9 Å². The van der Waals surface area contributed by atoms with Crippen LogP contribution in [0.5, 0.6) is 0 Å². The third-order valence-electron chi connectivity index (χ3n) is 4.40. The first-order valence-electron chi connectivity index (χ1n) is 7.91. The Morgan fingerprint density at radius 3 is 2.80 bits per heavy atom. The van der Waals surface area contributed by atoms with Crippen molar-refractivity contribution in [2.24, 2.45) is 0 Å². The maximum absolute atomic E-state index is 13.0. The molecule has 3 aromatic rings. The van der Waals surface area contributed by atoms with Crippen molar-refractivity contribution in [2.75, 3.05) is 19.0 Å². The largest absolute Gasteiger partial charge is 0.446 e. The van der Waals surface area contributed by atoms with Gasteiger partial charge in [0.05, 0.1) is 24.2 Å². The van der Waals surface area contributed by atoms with E-state index in [0.717, 1.165) is 16.8 Å². The number of fused-ring (bicyclic) bond motifs is 1. The molecule has 0 unspecified atom stereocenters. The number of amides is 1. The van der Waals surface area contributed by atoms with Crippen LogP contribution in [0.25, 0.3) is 0 Å². The molecule has 2 aromatic heterocycles. The fourth-order valence-electron chi connectivity index (χ4n) is 3.16. The van der Waals surface area contributed by atoms with E-state index in [4.69, 9.17) is 4.42 Å². The molecule has 1 aliphatic heterocycles. The number of carbonyl (C=O) groups excluding carboxylic acids is 1. The van der Waals surface area contributed by atoms with Gasteiger partial charge in [-0.25, -0.2) is 4.98 Å². The number of rotatable bonds is 3. The van der Waals surface area contributed by atoms with E-state index in [9.17, 15) is 4.79 Å². The van der Waals surface area contributed by atoms with Crippen molar-refractivity contribution in [3.8, 4) is 0 Å². The molecule has 1 aromatic carbocycles. The average molecular weight is 335 g/mol. The minimum Gasteiger partial charge on any atom is -0.446 e. The van der Waals surface area contributed by atoms with Crippen molar-refractivity contribution in [3.63, 3.8) is 0 Å². The summed E-state index contributed by atoms with van der Waals surface area (Å²) in [5.41, 5.74) is 3.75. The van der Waals surface area contributed by atoms with Gasteiger partial charge in [0, 0.05) is 26.3 Å². The molecular formula is C18H17N5O2. The first-order valence-corrected chi connectivity index (χ1v) is 7.91. The second-order valence-corrected chi connectivity index (χ2v) is 6.15. The number of aromatic nitrogens is 3. The molecule has 1 atom stereocenters. The quantitative estimate of drug-likeness (QED) is 0.731. The molecule has 0 bridgehead atoms. The Kier molecular flexibility index (Phi) is 3.68. The first-order chi connectivity index (χ1) is 12.1. The minimum atomic E-state index is -0.297. The maximum Gasteiger partial charge on any atom is 0.256 e. The lowest BCUT2D eigenvalue weighted by Crippen LogP contribution is -2.30. The van der Waals surface area contributed by atoms with Crippen LogP contribution in [0.3, 0.4) is 0 Å². The Bertz CT molecular complexity index is 893. The highest BCUT2D eigenvalue weighted by molar-refractivity contribution is 5.94. The van der Waals surface area contributed by atoms with E-state index in [-0.39, 0.29) is 11.9 Å². The van der Waals surface area contributed by atoms with Gasteiger partial charge in [0.25, 0.3) is 5.91 Å². The molecule has 0 saturated heterocycles. The third-order valence-corrected chi connectivity index (χ3v) is 4.40. The SMILES string of the molecule is CN(C)c1ccc2c(c1)CN(C(=O)c1ccnnc1)[C@@H]2c1cnco1. The van der Waals surface area contributed by atoms with Crippen molar-refractivity contribution in [3.05, 3.63) is 71.7 Å². The van der Waals surface area contributed by atoms with E-state index < -0.39 is 0 Å². The van der Waals surface area contributed by atoms with E-state index in [2.05, 4.69) is 27.3 Å². The van der Waals surface area contributed by atoms with Crippen molar-refractivity contribution in [1.82, 2.24) is 20.1 Å². The van der Waals surface area contributed by atoms with E-state index in [1.807, 2.05) is 25.1 Å². The molecule has 0 radical (unpaired) electrons. The Hall–Kier alpha value is -3.22. The Morgan fingerprint density at radius 1 is 1.24 bits per heavy atom. The standard InChI is InChI=1S/C18H17N5O2/c1-22(2)14-3-4-15-13(7-14)10-23(17(15)16-9-19-11-25-16)18(24)12-5-6-20-21-8-12/h3-9,11,17H,10H2,1-2H3/t17-/m0/s1. The van der Waals surface area contributed by atoms with E-state index >= 15 is 0 Å². The van der Waals surface area contributed by atoms with Gasteiger partial charge in [0.15, 0.2) is 12.2 Å². The van der Waals surface area contributed by atoms with Gasteiger partial charge in [-0.2, -0.15) is 10.2 Å². The molecule has 126 valence electrons. The van der Waals surface area contributed by atoms with Gasteiger partial charge in [-0.1, -0.05) is 6.07 Å². The van der Waals surface area contributed by atoms with Crippen LogP contribution < -0.4 is 4.90 Å².